The van der Waals surface area contributed by atoms with Crippen LogP contribution in [0.15, 0.2) is 23.8 Å². The van der Waals surface area contributed by atoms with E-state index in [2.05, 4.69) is 23.2 Å². The molecular weight excluding hydrogens is 240 g/mol. The van der Waals surface area contributed by atoms with Gasteiger partial charge in [0.1, 0.15) is 11.8 Å². The Morgan fingerprint density at radius 1 is 1.58 bits per heavy atom. The van der Waals surface area contributed by atoms with Crippen molar-refractivity contribution in [1.29, 1.82) is 5.26 Å². The third-order valence-corrected chi connectivity index (χ3v) is 2.65. The summed E-state index contributed by atoms with van der Waals surface area (Å²) in [5.74, 6) is 0. The van der Waals surface area contributed by atoms with Crippen LogP contribution in [0.2, 0.25) is 0 Å². The molecule has 5 heteroatoms. The summed E-state index contributed by atoms with van der Waals surface area (Å²) in [6.07, 6.45) is 1.04. The lowest BCUT2D eigenvalue weighted by molar-refractivity contribution is 0.167. The Morgan fingerprint density at radius 3 is 2.74 bits per heavy atom. The first-order valence-electron chi connectivity index (χ1n) is 5.91. The van der Waals surface area contributed by atoms with Crippen LogP contribution in [0.3, 0.4) is 0 Å². The summed E-state index contributed by atoms with van der Waals surface area (Å²) in [7, 11) is 0. The van der Waals surface area contributed by atoms with Crippen molar-refractivity contribution in [2.45, 2.75) is 33.4 Å². The van der Waals surface area contributed by atoms with Crippen molar-refractivity contribution in [3.8, 4) is 6.07 Å². The maximum atomic E-state index is 9.42. The highest BCUT2D eigenvalue weighted by molar-refractivity contribution is 6.10. The number of aliphatic imine (C=N–C) groups is 1. The quantitative estimate of drug-likeness (QED) is 0.648. The van der Waals surface area contributed by atoms with E-state index in [1.165, 1.54) is 6.21 Å². The molecule has 1 rings (SSSR count). The second kappa shape index (κ2) is 6.12. The van der Waals surface area contributed by atoms with E-state index < -0.39 is 6.10 Å². The van der Waals surface area contributed by atoms with Crippen LogP contribution in [-0.2, 0) is 6.54 Å². The lowest BCUT2D eigenvalue weighted by Crippen LogP contribution is -2.14. The Morgan fingerprint density at radius 2 is 2.21 bits per heavy atom. The van der Waals surface area contributed by atoms with E-state index >= 15 is 0 Å². The third-order valence-electron chi connectivity index (χ3n) is 2.65. The topological polar surface area (TPSA) is 74.2 Å². The number of aliphatic hydroxyl groups is 1. The molecule has 0 aliphatic carbocycles. The summed E-state index contributed by atoms with van der Waals surface area (Å²) < 4.78 is 1.74. The summed E-state index contributed by atoms with van der Waals surface area (Å²) in [6.45, 7) is 13.3. The van der Waals surface area contributed by atoms with E-state index in [1.54, 1.807) is 11.6 Å². The molecule has 0 amide bonds. The lowest BCUT2D eigenvalue weighted by atomic mass is 10.1. The highest BCUT2D eigenvalue weighted by Gasteiger charge is 2.14. The van der Waals surface area contributed by atoms with E-state index in [9.17, 15) is 5.11 Å². The number of aliphatic hydroxyl groups excluding tert-OH is 1. The van der Waals surface area contributed by atoms with Crippen LogP contribution in [0.1, 0.15) is 23.9 Å². The van der Waals surface area contributed by atoms with Crippen LogP contribution < -0.4 is 0 Å². The molecule has 19 heavy (non-hydrogen) atoms. The molecule has 1 atom stereocenters. The summed E-state index contributed by atoms with van der Waals surface area (Å²) >= 11 is 0. The van der Waals surface area contributed by atoms with Crippen molar-refractivity contribution in [2.75, 3.05) is 0 Å². The zero-order chi connectivity index (χ0) is 14.6. The van der Waals surface area contributed by atoms with Crippen molar-refractivity contribution in [1.82, 2.24) is 9.78 Å². The fourth-order valence-electron chi connectivity index (χ4n) is 1.84. The predicted molar refractivity (Wildman–Crippen MR) is 75.7 cm³/mol. The van der Waals surface area contributed by atoms with Gasteiger partial charge < -0.3 is 5.11 Å². The number of aryl methyl sites for hydroxylation is 1. The molecule has 1 aromatic rings. The minimum Gasteiger partial charge on any atom is -0.391 e. The number of hydrogen-bond acceptors (Lipinski definition) is 4. The van der Waals surface area contributed by atoms with Gasteiger partial charge >= 0.3 is 0 Å². The molecule has 0 fully saturated rings. The van der Waals surface area contributed by atoms with Gasteiger partial charge in [0.15, 0.2) is 0 Å². The van der Waals surface area contributed by atoms with Gasteiger partial charge in [-0.25, -0.2) is 4.99 Å². The van der Waals surface area contributed by atoms with Gasteiger partial charge in [-0.2, -0.15) is 10.4 Å². The minimum atomic E-state index is -0.467. The second-order valence-corrected chi connectivity index (χ2v) is 4.42. The van der Waals surface area contributed by atoms with Crippen LogP contribution >= 0.6 is 0 Å². The number of allylic oxidation sites excluding steroid dienone is 2. The monoisotopic (exact) mass is 258 g/mol. The first-order chi connectivity index (χ1) is 8.86. The Hall–Kier alpha value is -2.19. The van der Waals surface area contributed by atoms with Crippen LogP contribution in [0.5, 0.6) is 0 Å². The smallest absolute Gasteiger partial charge is 0.133 e. The largest absolute Gasteiger partial charge is 0.391 e. The van der Waals surface area contributed by atoms with Gasteiger partial charge in [-0.05, 0) is 26.3 Å². The first kappa shape index (κ1) is 14.9. The van der Waals surface area contributed by atoms with Crippen molar-refractivity contribution < 1.29 is 5.11 Å². The van der Waals surface area contributed by atoms with Gasteiger partial charge in [0, 0.05) is 17.5 Å². The Labute approximate surface area is 113 Å². The average Bonchev–Trinajstić information content (AvgIpc) is 2.60. The summed E-state index contributed by atoms with van der Waals surface area (Å²) in [5.41, 5.74) is 3.42. The molecule has 5 nitrogen and oxygen atoms in total. The molecule has 0 saturated heterocycles. The molecule has 0 aliphatic heterocycles. The lowest BCUT2D eigenvalue weighted by Gasteiger charge is -2.07. The van der Waals surface area contributed by atoms with E-state index in [1.807, 2.05) is 19.9 Å². The molecule has 0 aliphatic rings. The number of nitrogens with zero attached hydrogens (tertiary/aromatic N) is 4. The summed E-state index contributed by atoms with van der Waals surface area (Å²) in [4.78, 5) is 3.90. The zero-order valence-electron chi connectivity index (χ0n) is 11.5. The van der Waals surface area contributed by atoms with Crippen LogP contribution in [0, 0.1) is 25.2 Å². The summed E-state index contributed by atoms with van der Waals surface area (Å²) in [6, 6.07) is 1.84. The van der Waals surface area contributed by atoms with Gasteiger partial charge in [0.05, 0.1) is 18.3 Å². The van der Waals surface area contributed by atoms with E-state index in [4.69, 9.17) is 5.26 Å². The molecule has 100 valence electrons. The van der Waals surface area contributed by atoms with Crippen molar-refractivity contribution in [3.63, 3.8) is 0 Å². The van der Waals surface area contributed by atoms with Crippen molar-refractivity contribution in [3.05, 3.63) is 35.8 Å². The maximum Gasteiger partial charge on any atom is 0.133 e. The van der Waals surface area contributed by atoms with Gasteiger partial charge in [0.25, 0.3) is 0 Å². The Balaban J connectivity index is 3.05. The van der Waals surface area contributed by atoms with E-state index in [0.29, 0.717) is 12.1 Å². The number of rotatable bonds is 5. The van der Waals surface area contributed by atoms with Crippen molar-refractivity contribution in [2.24, 2.45) is 4.99 Å². The molecule has 0 unspecified atom stereocenters. The fraction of sp³-hybridized carbons (Fsp3) is 0.357. The van der Waals surface area contributed by atoms with E-state index in [0.717, 1.165) is 17.0 Å². The van der Waals surface area contributed by atoms with Gasteiger partial charge in [-0.15, -0.1) is 0 Å². The predicted octanol–water partition coefficient (Wildman–Crippen LogP) is 2.00. The standard InChI is InChI=1S/C14H18N4O/c1-9(7-16-10(2)6-15)14-12(4)17-18(13(14)5)8-11(3)19/h7,11,19H,1-2,8H2,3-5H3/t11-/m0/s1. The molecule has 0 bridgehead atoms. The van der Waals surface area contributed by atoms with Gasteiger partial charge in [-0.3, -0.25) is 4.68 Å². The summed E-state index contributed by atoms with van der Waals surface area (Å²) in [5, 5.41) is 22.4. The van der Waals surface area contributed by atoms with Crippen LogP contribution in [0.4, 0.5) is 0 Å². The molecule has 1 heterocycles. The van der Waals surface area contributed by atoms with Gasteiger partial charge in [-0.1, -0.05) is 13.2 Å². The van der Waals surface area contributed by atoms with Crippen LogP contribution in [0.25, 0.3) is 5.57 Å². The second-order valence-electron chi connectivity index (χ2n) is 4.42. The van der Waals surface area contributed by atoms with Crippen LogP contribution in [-0.4, -0.2) is 27.2 Å². The van der Waals surface area contributed by atoms with E-state index in [-0.39, 0.29) is 5.70 Å². The first-order valence-corrected chi connectivity index (χ1v) is 5.91. The number of hydrogen-bond donors (Lipinski definition) is 1. The fourth-order valence-corrected chi connectivity index (χ4v) is 1.84. The van der Waals surface area contributed by atoms with Gasteiger partial charge in [0.2, 0.25) is 0 Å². The molecule has 0 spiro atoms. The number of nitriles is 1. The average molecular weight is 258 g/mol. The third kappa shape index (κ3) is 3.63. The highest BCUT2D eigenvalue weighted by Crippen LogP contribution is 2.20. The molecule has 0 saturated carbocycles. The molecule has 0 aromatic carbocycles. The SMILES string of the molecule is C=C(C#N)N=CC(=C)c1c(C)nn(C[C@H](C)O)c1C. The minimum absolute atomic E-state index is 0.132. The molecule has 0 radical (unpaired) electrons. The molecule has 1 aromatic heterocycles. The zero-order valence-corrected chi connectivity index (χ0v) is 11.5. The molecule has 1 N–H and O–H groups in total. The number of aromatic nitrogens is 2. The molecular formula is C14H18N4O. The maximum absolute atomic E-state index is 9.42. The highest BCUT2D eigenvalue weighted by atomic mass is 16.3. The Bertz CT molecular complexity index is 573. The Kier molecular flexibility index (Phi) is 4.79. The van der Waals surface area contributed by atoms with Crippen molar-refractivity contribution >= 4 is 11.8 Å². The normalized spacial score (nSPS) is 12.4.